The molecule has 2 aromatic rings. The van der Waals surface area contributed by atoms with Crippen molar-refractivity contribution >= 4 is 17.9 Å². The molecule has 0 unspecified atom stereocenters. The summed E-state index contributed by atoms with van der Waals surface area (Å²) >= 11 is 0. The van der Waals surface area contributed by atoms with E-state index in [1.54, 1.807) is 20.8 Å². The number of carbonyl (C=O) groups is 3. The summed E-state index contributed by atoms with van der Waals surface area (Å²) in [6, 6.07) is 1.71. The Morgan fingerprint density at radius 1 is 1.12 bits per heavy atom. The number of amides is 3. The van der Waals surface area contributed by atoms with Gasteiger partial charge in [-0.3, -0.25) is 19.5 Å². The molecule has 42 heavy (non-hydrogen) atoms. The maximum atomic E-state index is 14.1. The average molecular weight is 599 g/mol. The summed E-state index contributed by atoms with van der Waals surface area (Å²) in [6.45, 7) is 2.94. The van der Waals surface area contributed by atoms with Gasteiger partial charge in [-0.1, -0.05) is 0 Å². The van der Waals surface area contributed by atoms with Crippen LogP contribution in [0.25, 0.3) is 11.4 Å². The quantitative estimate of drug-likeness (QED) is 0.494. The number of pyridine rings is 1. The van der Waals surface area contributed by atoms with Crippen LogP contribution < -0.4 is 0 Å². The Balaban J connectivity index is 1.63. The number of hydrogen-bond acceptors (Lipinski definition) is 6. The summed E-state index contributed by atoms with van der Waals surface area (Å²) < 4.78 is 70.1. The summed E-state index contributed by atoms with van der Waals surface area (Å²) in [6.07, 6.45) is -5.14. The number of alkyl halides is 5. The van der Waals surface area contributed by atoms with E-state index in [4.69, 9.17) is 0 Å². The van der Waals surface area contributed by atoms with Gasteiger partial charge >= 0.3 is 12.3 Å². The molecular weight excluding hydrogens is 567 g/mol. The van der Waals surface area contributed by atoms with Gasteiger partial charge in [0.25, 0.3) is 5.92 Å². The van der Waals surface area contributed by atoms with Crippen molar-refractivity contribution in [2.45, 2.75) is 76.7 Å². The SMILES string of the molecule is CC(C)(C)N(C(=O)O)[C@@H](CC(=O)N1CCc2c(nc(-c3ccncc3)nc2C(F)(F)F)C1)CN1CC(F)(F)CCC1=O. The van der Waals surface area contributed by atoms with Gasteiger partial charge in [0.15, 0.2) is 11.5 Å². The molecule has 0 saturated carbocycles. The van der Waals surface area contributed by atoms with Crippen molar-refractivity contribution in [2.75, 3.05) is 19.6 Å². The van der Waals surface area contributed by atoms with Crippen molar-refractivity contribution in [1.82, 2.24) is 29.7 Å². The Kier molecular flexibility index (Phi) is 8.43. The monoisotopic (exact) mass is 598 g/mol. The summed E-state index contributed by atoms with van der Waals surface area (Å²) in [4.78, 5) is 53.3. The Morgan fingerprint density at radius 2 is 1.79 bits per heavy atom. The van der Waals surface area contributed by atoms with Crippen molar-refractivity contribution in [3.05, 3.63) is 41.5 Å². The van der Waals surface area contributed by atoms with E-state index >= 15 is 0 Å². The van der Waals surface area contributed by atoms with Gasteiger partial charge in [-0.05, 0) is 39.3 Å². The van der Waals surface area contributed by atoms with E-state index < -0.39 is 79.6 Å². The van der Waals surface area contributed by atoms with Crippen LogP contribution in [0.1, 0.15) is 57.0 Å². The molecule has 228 valence electrons. The Bertz CT molecular complexity index is 1350. The van der Waals surface area contributed by atoms with Crippen molar-refractivity contribution in [2.24, 2.45) is 0 Å². The van der Waals surface area contributed by atoms with Gasteiger partial charge in [0.05, 0.1) is 24.8 Å². The van der Waals surface area contributed by atoms with Crippen LogP contribution in [0, 0.1) is 0 Å². The minimum Gasteiger partial charge on any atom is -0.465 e. The van der Waals surface area contributed by atoms with E-state index in [1.807, 2.05) is 0 Å². The predicted molar refractivity (Wildman–Crippen MR) is 138 cm³/mol. The maximum absolute atomic E-state index is 14.1. The number of hydrogen-bond donors (Lipinski definition) is 1. The molecule has 3 amide bonds. The zero-order valence-corrected chi connectivity index (χ0v) is 23.3. The van der Waals surface area contributed by atoms with Gasteiger partial charge in [-0.2, -0.15) is 13.2 Å². The van der Waals surface area contributed by atoms with Crippen LogP contribution in [0.5, 0.6) is 0 Å². The first-order chi connectivity index (χ1) is 19.5. The molecule has 15 heteroatoms. The molecule has 1 N–H and O–H groups in total. The molecule has 2 aliphatic heterocycles. The van der Waals surface area contributed by atoms with E-state index in [0.29, 0.717) is 5.56 Å². The van der Waals surface area contributed by atoms with E-state index in [1.165, 1.54) is 29.4 Å². The lowest BCUT2D eigenvalue weighted by molar-refractivity contribution is -0.149. The topological polar surface area (TPSA) is 120 Å². The standard InChI is InChI=1S/C27H31F5N6O4/c1-25(2,3)38(24(41)42)17(13-37-15-26(28,29)8-4-20(37)39)12-21(40)36-11-7-18-19(14-36)34-23(16-5-9-33-10-6-16)35-22(18)27(30,31)32/h5-6,9-10,17H,4,7-8,11-15H2,1-3H3,(H,41,42)/t17-/m0/s1. The summed E-state index contributed by atoms with van der Waals surface area (Å²) in [5.74, 6) is -4.54. The highest BCUT2D eigenvalue weighted by atomic mass is 19.4. The van der Waals surface area contributed by atoms with Crippen molar-refractivity contribution in [3.63, 3.8) is 0 Å². The predicted octanol–water partition coefficient (Wildman–Crippen LogP) is 4.24. The number of likely N-dealkylation sites (tertiary alicyclic amines) is 1. The number of piperidine rings is 1. The first-order valence-corrected chi connectivity index (χ1v) is 13.3. The minimum absolute atomic E-state index is 0.00273. The van der Waals surface area contributed by atoms with Gasteiger partial charge in [-0.15, -0.1) is 0 Å². The Hall–Kier alpha value is -3.91. The number of nitrogens with zero attached hydrogens (tertiary/aromatic N) is 6. The molecular formula is C27H31F5N6O4. The number of aromatic nitrogens is 3. The fourth-order valence-corrected chi connectivity index (χ4v) is 5.38. The summed E-state index contributed by atoms with van der Waals surface area (Å²) in [5, 5.41) is 10.00. The number of rotatable bonds is 6. The van der Waals surface area contributed by atoms with Crippen LogP contribution in [0.3, 0.4) is 0 Å². The fourth-order valence-electron chi connectivity index (χ4n) is 5.38. The van der Waals surface area contributed by atoms with Crippen LogP contribution in [0.2, 0.25) is 0 Å². The normalized spacial score (nSPS) is 18.0. The zero-order valence-electron chi connectivity index (χ0n) is 23.3. The first kappa shape index (κ1) is 31.0. The summed E-state index contributed by atoms with van der Waals surface area (Å²) in [5.41, 5.74) is -2.01. The van der Waals surface area contributed by atoms with Crippen molar-refractivity contribution < 1.29 is 41.4 Å². The highest BCUT2D eigenvalue weighted by molar-refractivity contribution is 5.80. The van der Waals surface area contributed by atoms with E-state index in [9.17, 15) is 41.4 Å². The molecule has 0 radical (unpaired) electrons. The van der Waals surface area contributed by atoms with E-state index in [-0.39, 0.29) is 36.6 Å². The molecule has 1 atom stereocenters. The first-order valence-electron chi connectivity index (χ1n) is 13.3. The molecule has 0 spiro atoms. The van der Waals surface area contributed by atoms with Crippen LogP contribution in [-0.2, 0) is 28.7 Å². The molecule has 2 aliphatic rings. The van der Waals surface area contributed by atoms with Gasteiger partial charge in [0, 0.05) is 61.4 Å². The summed E-state index contributed by atoms with van der Waals surface area (Å²) in [7, 11) is 0. The molecule has 0 aromatic carbocycles. The van der Waals surface area contributed by atoms with Gasteiger partial charge in [-0.25, -0.2) is 23.5 Å². The van der Waals surface area contributed by atoms with Crippen LogP contribution in [-0.4, -0.2) is 89.8 Å². The van der Waals surface area contributed by atoms with Crippen molar-refractivity contribution in [1.29, 1.82) is 0 Å². The second-order valence-corrected chi connectivity index (χ2v) is 11.4. The Labute approximate surface area is 238 Å². The second-order valence-electron chi connectivity index (χ2n) is 11.4. The van der Waals surface area contributed by atoms with Gasteiger partial charge in [0.2, 0.25) is 11.8 Å². The zero-order chi connectivity index (χ0) is 31.0. The third-order valence-electron chi connectivity index (χ3n) is 7.24. The molecule has 0 aliphatic carbocycles. The third kappa shape index (κ3) is 6.93. The van der Waals surface area contributed by atoms with Gasteiger partial charge < -0.3 is 14.9 Å². The molecule has 1 fully saturated rings. The van der Waals surface area contributed by atoms with E-state index in [0.717, 1.165) is 9.80 Å². The lowest BCUT2D eigenvalue weighted by Gasteiger charge is -2.43. The van der Waals surface area contributed by atoms with E-state index in [2.05, 4.69) is 15.0 Å². The molecule has 4 rings (SSSR count). The minimum atomic E-state index is -4.77. The highest BCUT2D eigenvalue weighted by Gasteiger charge is 2.44. The lowest BCUT2D eigenvalue weighted by atomic mass is 9.98. The Morgan fingerprint density at radius 3 is 2.38 bits per heavy atom. The molecule has 4 heterocycles. The number of halogens is 5. The molecule has 2 aromatic heterocycles. The molecule has 10 nitrogen and oxygen atoms in total. The largest absolute Gasteiger partial charge is 0.465 e. The smallest absolute Gasteiger partial charge is 0.433 e. The third-order valence-corrected chi connectivity index (χ3v) is 7.24. The van der Waals surface area contributed by atoms with Crippen molar-refractivity contribution in [3.8, 4) is 11.4 Å². The number of carboxylic acid groups (broad SMARTS) is 1. The molecule has 0 bridgehead atoms. The van der Waals surface area contributed by atoms with Crippen LogP contribution >= 0.6 is 0 Å². The van der Waals surface area contributed by atoms with Crippen LogP contribution in [0.15, 0.2) is 24.5 Å². The fraction of sp³-hybridized carbons (Fsp3) is 0.556. The lowest BCUT2D eigenvalue weighted by Crippen LogP contribution is -2.58. The van der Waals surface area contributed by atoms with Gasteiger partial charge in [0.1, 0.15) is 0 Å². The van der Waals surface area contributed by atoms with Crippen LogP contribution in [0.4, 0.5) is 26.7 Å². The second kappa shape index (κ2) is 11.4. The maximum Gasteiger partial charge on any atom is 0.433 e. The number of fused-ring (bicyclic) bond motifs is 1. The highest BCUT2D eigenvalue weighted by Crippen LogP contribution is 2.36. The average Bonchev–Trinajstić information content (AvgIpc) is 2.88. The number of carbonyl (C=O) groups excluding carboxylic acids is 2. The molecule has 1 saturated heterocycles.